The second-order valence-electron chi connectivity index (χ2n) is 6.30. The molecule has 0 heterocycles. The minimum absolute atomic E-state index is 0. The Balaban J connectivity index is 0.00000385. The van der Waals surface area contributed by atoms with Crippen molar-refractivity contribution in [1.82, 2.24) is 0 Å². The summed E-state index contributed by atoms with van der Waals surface area (Å²) in [5.41, 5.74) is -1.26. The SMILES string of the molecule is O=S(=O)(O)c1cc(O)c2c(O)c(N=Nc3ccccc3[As](=O)(O)O)c(S(=O)(=O)O)cc2c1.[Na].[Na].[Na]. The van der Waals surface area contributed by atoms with Crippen molar-refractivity contribution in [2.45, 2.75) is 9.79 Å². The van der Waals surface area contributed by atoms with Crippen molar-refractivity contribution >= 4 is 150 Å². The molecule has 0 aliphatic heterocycles. The summed E-state index contributed by atoms with van der Waals surface area (Å²) in [5, 5.41) is 26.8. The minimum atomic E-state index is -5.47. The van der Waals surface area contributed by atoms with Gasteiger partial charge in [0.25, 0.3) is 0 Å². The van der Waals surface area contributed by atoms with Gasteiger partial charge < -0.3 is 0 Å². The zero-order valence-electron chi connectivity index (χ0n) is 18.4. The van der Waals surface area contributed by atoms with Crippen molar-refractivity contribution in [3.8, 4) is 11.5 Å². The zero-order chi connectivity index (χ0) is 24.1. The number of aromatic hydroxyl groups is 2. The van der Waals surface area contributed by atoms with Crippen LogP contribution in [0.2, 0.25) is 0 Å². The van der Waals surface area contributed by atoms with Crippen molar-refractivity contribution < 1.29 is 48.1 Å². The Morgan fingerprint density at radius 2 is 1.37 bits per heavy atom. The number of hydrogen-bond acceptors (Lipinski definition) is 9. The van der Waals surface area contributed by atoms with Crippen molar-refractivity contribution in [2.75, 3.05) is 0 Å². The molecule has 35 heavy (non-hydrogen) atoms. The molecule has 3 aromatic rings. The molecule has 0 bridgehead atoms. The predicted molar refractivity (Wildman–Crippen MR) is 125 cm³/mol. The third-order valence-corrected chi connectivity index (χ3v) is 7.94. The molecule has 6 N–H and O–H groups in total. The molecule has 0 saturated heterocycles. The molecule has 0 atom stereocenters. The van der Waals surface area contributed by atoms with Gasteiger partial charge in [-0.25, -0.2) is 0 Å². The van der Waals surface area contributed by atoms with Crippen LogP contribution in [0.1, 0.15) is 0 Å². The first-order valence-electron chi connectivity index (χ1n) is 8.15. The first-order chi connectivity index (χ1) is 14.6. The number of rotatable bonds is 5. The summed E-state index contributed by atoms with van der Waals surface area (Å²) in [7, 11) is -9.93. The van der Waals surface area contributed by atoms with Crippen LogP contribution in [0.5, 0.6) is 11.5 Å². The van der Waals surface area contributed by atoms with E-state index in [1.54, 1.807) is 0 Å². The monoisotopic (exact) mass is 617 g/mol. The Hall–Kier alpha value is 0.218. The summed E-state index contributed by atoms with van der Waals surface area (Å²) in [6, 6.07) is 6.86. The third kappa shape index (κ3) is 8.10. The maximum absolute atomic E-state index is 11.8. The van der Waals surface area contributed by atoms with Crippen LogP contribution in [0.4, 0.5) is 11.4 Å². The second-order valence-corrected chi connectivity index (χ2v) is 12.4. The van der Waals surface area contributed by atoms with Gasteiger partial charge in [0.2, 0.25) is 0 Å². The van der Waals surface area contributed by atoms with E-state index in [9.17, 15) is 43.5 Å². The fraction of sp³-hybridized carbons (Fsp3) is 0. The van der Waals surface area contributed by atoms with Crippen LogP contribution in [-0.4, -0.2) is 147 Å². The minimum Gasteiger partial charge on any atom is 0 e. The average molecular weight is 617 g/mol. The molecule has 19 heteroatoms. The van der Waals surface area contributed by atoms with Crippen LogP contribution in [0.3, 0.4) is 0 Å². The van der Waals surface area contributed by atoms with Gasteiger partial charge in [0.1, 0.15) is 0 Å². The van der Waals surface area contributed by atoms with Crippen molar-refractivity contribution in [1.29, 1.82) is 0 Å². The number of hydrogen-bond donors (Lipinski definition) is 6. The number of fused-ring (bicyclic) bond motifs is 1. The third-order valence-electron chi connectivity index (χ3n) is 4.13. The largest absolute Gasteiger partial charge is 0 e. The fourth-order valence-electron chi connectivity index (χ4n) is 2.78. The molecule has 13 nitrogen and oxygen atoms in total. The Labute approximate surface area is 268 Å². The first-order valence-corrected chi connectivity index (χ1v) is 14.4. The molecule has 0 aromatic heterocycles. The van der Waals surface area contributed by atoms with E-state index in [-0.39, 0.29) is 94.4 Å². The maximum atomic E-state index is 11.8. The van der Waals surface area contributed by atoms with Gasteiger partial charge in [0.05, 0.1) is 0 Å². The number of azo groups is 1. The van der Waals surface area contributed by atoms with Crippen molar-refractivity contribution in [3.63, 3.8) is 0 Å². The van der Waals surface area contributed by atoms with E-state index in [0.29, 0.717) is 12.1 Å². The van der Waals surface area contributed by atoms with Crippen molar-refractivity contribution in [3.05, 3.63) is 42.5 Å². The Morgan fingerprint density at radius 3 is 1.89 bits per heavy atom. The Kier molecular flexibility index (Phi) is 12.9. The van der Waals surface area contributed by atoms with E-state index >= 15 is 0 Å². The van der Waals surface area contributed by atoms with E-state index in [2.05, 4.69) is 10.2 Å². The van der Waals surface area contributed by atoms with Crippen LogP contribution in [-0.2, 0) is 24.0 Å². The number of phenols is 2. The summed E-state index contributed by atoms with van der Waals surface area (Å²) in [4.78, 5) is -1.88. The van der Waals surface area contributed by atoms with Gasteiger partial charge in [-0.15, -0.1) is 0 Å². The molecule has 3 radical (unpaired) electrons. The molecular weight excluding hydrogens is 604 g/mol. The van der Waals surface area contributed by atoms with Crippen LogP contribution in [0.25, 0.3) is 10.8 Å². The summed E-state index contributed by atoms with van der Waals surface area (Å²) in [5.74, 6) is -1.93. The molecule has 3 rings (SSSR count). The summed E-state index contributed by atoms with van der Waals surface area (Å²) < 4.78 is 95.2. The molecular formula is C16H13AsN2Na3O11S2. The van der Waals surface area contributed by atoms with Gasteiger partial charge in [0, 0.05) is 88.7 Å². The summed E-state index contributed by atoms with van der Waals surface area (Å²) in [6.07, 6.45) is 0. The van der Waals surface area contributed by atoms with E-state index in [4.69, 9.17) is 4.55 Å². The number of nitrogens with zero attached hydrogens (tertiary/aromatic N) is 2. The normalized spacial score (nSPS) is 12.0. The van der Waals surface area contributed by atoms with Crippen LogP contribution < -0.4 is 4.35 Å². The quantitative estimate of drug-likeness (QED) is 0.122. The van der Waals surface area contributed by atoms with E-state index in [1.807, 2.05) is 0 Å². The van der Waals surface area contributed by atoms with Crippen LogP contribution >= 0.6 is 0 Å². The predicted octanol–water partition coefficient (Wildman–Crippen LogP) is -0.422. The summed E-state index contributed by atoms with van der Waals surface area (Å²) in [6.45, 7) is 0. The molecule has 0 aliphatic carbocycles. The van der Waals surface area contributed by atoms with Crippen molar-refractivity contribution in [2.24, 2.45) is 10.2 Å². The molecule has 3 aromatic carbocycles. The smallest absolute Gasteiger partial charge is 0 e. The number of benzene rings is 3. The number of phenolic OH excluding ortho intramolecular Hbond substituents is 2. The Morgan fingerprint density at radius 1 is 0.800 bits per heavy atom. The van der Waals surface area contributed by atoms with Gasteiger partial charge in [-0.1, -0.05) is 0 Å². The molecule has 0 fully saturated rings. The molecule has 0 spiro atoms. The first kappa shape index (κ1) is 35.2. The standard InChI is InChI=1S/C16H13AsN2O11S2.3Na/c20-12-7-9(31(25,26)27)5-8-6-13(32(28,29)30)15(16(21)14(8)12)19-18-11-4-2-1-3-10(11)17(22,23)24;;;/h1-7,20-21H,(H2,22,23,24)(H,25,26,27)(H,28,29,30);;;. The molecule has 0 amide bonds. The molecule has 173 valence electrons. The topological polar surface area (TPSA) is 231 Å². The maximum Gasteiger partial charge on any atom is 0 e. The van der Waals surface area contributed by atoms with Crippen LogP contribution in [0.15, 0.2) is 62.5 Å². The van der Waals surface area contributed by atoms with E-state index < -0.39 is 76.5 Å². The summed E-state index contributed by atoms with van der Waals surface area (Å²) >= 11 is -5.47. The molecule has 0 unspecified atom stereocenters. The molecule has 0 saturated carbocycles. The van der Waals surface area contributed by atoms with Gasteiger partial charge in [0.15, 0.2) is 0 Å². The zero-order valence-corrected chi connectivity index (χ0v) is 27.9. The fourth-order valence-corrected chi connectivity index (χ4v) is 5.44. The van der Waals surface area contributed by atoms with E-state index in [1.165, 1.54) is 12.1 Å². The molecule has 0 aliphatic rings. The van der Waals surface area contributed by atoms with Gasteiger partial charge in [-0.2, -0.15) is 0 Å². The van der Waals surface area contributed by atoms with Gasteiger partial charge in [-0.3, -0.25) is 0 Å². The second kappa shape index (κ2) is 12.8. The van der Waals surface area contributed by atoms with Crippen LogP contribution in [0, 0.1) is 0 Å². The van der Waals surface area contributed by atoms with E-state index in [0.717, 1.165) is 18.2 Å². The van der Waals surface area contributed by atoms with Gasteiger partial charge in [-0.05, 0) is 0 Å². The Bertz CT molecular complexity index is 1560. The average Bonchev–Trinajstić information content (AvgIpc) is 2.64. The van der Waals surface area contributed by atoms with Gasteiger partial charge >= 0.3 is 183 Å².